The summed E-state index contributed by atoms with van der Waals surface area (Å²) in [5.41, 5.74) is 8.28. The highest BCUT2D eigenvalue weighted by atomic mass is 79.9. The van der Waals surface area contributed by atoms with Crippen molar-refractivity contribution in [2.75, 3.05) is 6.54 Å². The number of nitrogens with two attached hydrogens (primary N) is 1. The average molecular weight is 280 g/mol. The van der Waals surface area contributed by atoms with E-state index in [0.29, 0.717) is 12.5 Å². The molecule has 0 aliphatic rings. The van der Waals surface area contributed by atoms with Crippen LogP contribution in [0, 0.1) is 0 Å². The molecular weight excluding hydrogens is 266 g/mol. The van der Waals surface area contributed by atoms with Gasteiger partial charge in [0, 0.05) is 10.4 Å². The minimum Gasteiger partial charge on any atom is -0.472 e. The van der Waals surface area contributed by atoms with Gasteiger partial charge in [-0.2, -0.15) is 0 Å². The smallest absolute Gasteiger partial charge is 0.0934 e. The van der Waals surface area contributed by atoms with Crippen LogP contribution in [0.1, 0.15) is 17.0 Å². The van der Waals surface area contributed by atoms with Crippen LogP contribution in [-0.4, -0.2) is 6.54 Å². The van der Waals surface area contributed by atoms with Crippen molar-refractivity contribution in [2.24, 2.45) is 5.73 Å². The summed E-state index contributed by atoms with van der Waals surface area (Å²) >= 11 is 3.43. The average Bonchev–Trinajstić information content (AvgIpc) is 2.80. The first-order valence-corrected chi connectivity index (χ1v) is 6.05. The molecule has 0 aliphatic heterocycles. The molecule has 1 aromatic heterocycles. The molecule has 3 heteroatoms. The van der Waals surface area contributed by atoms with Gasteiger partial charge in [0.05, 0.1) is 12.5 Å². The van der Waals surface area contributed by atoms with E-state index in [2.05, 4.69) is 28.1 Å². The summed E-state index contributed by atoms with van der Waals surface area (Å²) < 4.78 is 6.16. The lowest BCUT2D eigenvalue weighted by Gasteiger charge is -2.14. The third-order valence-electron chi connectivity index (χ3n) is 2.69. The molecule has 1 heterocycles. The van der Waals surface area contributed by atoms with Gasteiger partial charge >= 0.3 is 0 Å². The first-order chi connectivity index (χ1) is 7.79. The number of halogens is 1. The largest absolute Gasteiger partial charge is 0.472 e. The number of hydrogen-bond acceptors (Lipinski definition) is 2. The fourth-order valence-electron chi connectivity index (χ4n) is 1.77. The van der Waals surface area contributed by atoms with Gasteiger partial charge in [-0.05, 0) is 42.3 Å². The maximum Gasteiger partial charge on any atom is 0.0934 e. The van der Waals surface area contributed by atoms with Gasteiger partial charge in [-0.3, -0.25) is 0 Å². The fourth-order valence-corrected chi connectivity index (χ4v) is 2.03. The number of rotatable bonds is 4. The van der Waals surface area contributed by atoms with Crippen LogP contribution in [0.4, 0.5) is 0 Å². The Kier molecular flexibility index (Phi) is 3.80. The zero-order valence-electron chi connectivity index (χ0n) is 8.90. The van der Waals surface area contributed by atoms with E-state index in [-0.39, 0.29) is 0 Å². The van der Waals surface area contributed by atoms with E-state index in [0.717, 1.165) is 10.9 Å². The Morgan fingerprint density at radius 3 is 2.50 bits per heavy atom. The molecule has 2 aromatic rings. The zero-order valence-corrected chi connectivity index (χ0v) is 10.5. The molecule has 2 nitrogen and oxygen atoms in total. The number of hydrogen-bond donors (Lipinski definition) is 1. The minimum absolute atomic E-state index is 0.352. The molecule has 2 N–H and O–H groups in total. The predicted octanol–water partition coefficient (Wildman–Crippen LogP) is 3.33. The molecule has 16 heavy (non-hydrogen) atoms. The molecule has 0 spiro atoms. The summed E-state index contributed by atoms with van der Waals surface area (Å²) in [6.07, 6.45) is 4.40. The van der Waals surface area contributed by atoms with E-state index in [4.69, 9.17) is 10.2 Å². The van der Waals surface area contributed by atoms with E-state index in [1.807, 2.05) is 18.2 Å². The van der Waals surface area contributed by atoms with Crippen LogP contribution >= 0.6 is 15.9 Å². The third kappa shape index (κ3) is 2.74. The molecule has 0 aliphatic carbocycles. The van der Waals surface area contributed by atoms with Crippen LogP contribution in [0.25, 0.3) is 0 Å². The summed E-state index contributed by atoms with van der Waals surface area (Å²) in [7, 11) is 0. The molecule has 0 bridgehead atoms. The molecule has 84 valence electrons. The van der Waals surface area contributed by atoms with E-state index < -0.39 is 0 Å². The van der Waals surface area contributed by atoms with Gasteiger partial charge in [-0.1, -0.05) is 28.1 Å². The second-order valence-corrected chi connectivity index (χ2v) is 4.74. The molecule has 1 unspecified atom stereocenters. The Morgan fingerprint density at radius 2 is 1.94 bits per heavy atom. The second kappa shape index (κ2) is 5.32. The normalized spacial score (nSPS) is 12.6. The molecule has 1 aromatic carbocycles. The lowest BCUT2D eigenvalue weighted by atomic mass is 9.93. The molecule has 2 rings (SSSR count). The maximum absolute atomic E-state index is 5.82. The van der Waals surface area contributed by atoms with Crippen molar-refractivity contribution in [2.45, 2.75) is 12.3 Å². The van der Waals surface area contributed by atoms with Crippen molar-refractivity contribution >= 4 is 15.9 Å². The number of benzene rings is 1. The monoisotopic (exact) mass is 279 g/mol. The van der Waals surface area contributed by atoms with Gasteiger partial charge in [-0.15, -0.1) is 0 Å². The topological polar surface area (TPSA) is 39.2 Å². The van der Waals surface area contributed by atoms with Gasteiger partial charge in [0.15, 0.2) is 0 Å². The predicted molar refractivity (Wildman–Crippen MR) is 68.3 cm³/mol. The maximum atomic E-state index is 5.82. The van der Waals surface area contributed by atoms with Crippen LogP contribution in [0.2, 0.25) is 0 Å². The van der Waals surface area contributed by atoms with Crippen LogP contribution in [0.5, 0.6) is 0 Å². The van der Waals surface area contributed by atoms with Crippen molar-refractivity contribution in [3.05, 3.63) is 58.5 Å². The zero-order chi connectivity index (χ0) is 11.4. The van der Waals surface area contributed by atoms with Gasteiger partial charge in [0.25, 0.3) is 0 Å². The van der Waals surface area contributed by atoms with Crippen LogP contribution in [0.15, 0.2) is 51.7 Å². The third-order valence-corrected chi connectivity index (χ3v) is 3.22. The van der Waals surface area contributed by atoms with Crippen molar-refractivity contribution in [3.8, 4) is 0 Å². The van der Waals surface area contributed by atoms with Crippen LogP contribution in [0.3, 0.4) is 0 Å². The van der Waals surface area contributed by atoms with E-state index >= 15 is 0 Å². The Bertz CT molecular complexity index is 422. The molecule has 0 saturated heterocycles. The van der Waals surface area contributed by atoms with Crippen molar-refractivity contribution in [3.63, 3.8) is 0 Å². The summed E-state index contributed by atoms with van der Waals surface area (Å²) in [5.74, 6) is 0.352. The lowest BCUT2D eigenvalue weighted by Crippen LogP contribution is -2.14. The van der Waals surface area contributed by atoms with Gasteiger partial charge in [0.1, 0.15) is 0 Å². The first kappa shape index (κ1) is 11.4. The standard InChI is InChI=1S/C13H14BrNO/c14-13-3-1-11(2-4-13)12(8-15)7-10-5-6-16-9-10/h1-6,9,12H,7-8,15H2. The van der Waals surface area contributed by atoms with E-state index in [9.17, 15) is 0 Å². The van der Waals surface area contributed by atoms with Gasteiger partial charge in [0.2, 0.25) is 0 Å². The molecule has 0 amide bonds. The van der Waals surface area contributed by atoms with Crippen LogP contribution in [-0.2, 0) is 6.42 Å². The molecule has 0 saturated carbocycles. The second-order valence-electron chi connectivity index (χ2n) is 3.82. The Labute approximate surface area is 104 Å². The molecule has 0 fully saturated rings. The highest BCUT2D eigenvalue weighted by Crippen LogP contribution is 2.22. The van der Waals surface area contributed by atoms with Crippen molar-refractivity contribution in [1.29, 1.82) is 0 Å². The quantitative estimate of drug-likeness (QED) is 0.933. The van der Waals surface area contributed by atoms with E-state index in [1.54, 1.807) is 12.5 Å². The lowest BCUT2D eigenvalue weighted by molar-refractivity contribution is 0.561. The van der Waals surface area contributed by atoms with Crippen molar-refractivity contribution < 1.29 is 4.42 Å². The summed E-state index contributed by atoms with van der Waals surface area (Å²) in [4.78, 5) is 0. The van der Waals surface area contributed by atoms with Crippen LogP contribution < -0.4 is 5.73 Å². The number of furan rings is 1. The first-order valence-electron chi connectivity index (χ1n) is 5.26. The minimum atomic E-state index is 0.352. The summed E-state index contributed by atoms with van der Waals surface area (Å²) in [5, 5.41) is 0. The summed E-state index contributed by atoms with van der Waals surface area (Å²) in [6, 6.07) is 10.3. The Hall–Kier alpha value is -1.06. The van der Waals surface area contributed by atoms with E-state index in [1.165, 1.54) is 11.1 Å². The summed E-state index contributed by atoms with van der Waals surface area (Å²) in [6.45, 7) is 0.646. The Morgan fingerprint density at radius 1 is 1.19 bits per heavy atom. The Balaban J connectivity index is 2.13. The molecule has 1 atom stereocenters. The van der Waals surface area contributed by atoms with Crippen molar-refractivity contribution in [1.82, 2.24) is 0 Å². The highest BCUT2D eigenvalue weighted by molar-refractivity contribution is 9.10. The van der Waals surface area contributed by atoms with Gasteiger partial charge in [-0.25, -0.2) is 0 Å². The SMILES string of the molecule is NCC(Cc1ccoc1)c1ccc(Br)cc1. The van der Waals surface area contributed by atoms with Gasteiger partial charge < -0.3 is 10.2 Å². The molecule has 0 radical (unpaired) electrons. The fraction of sp³-hybridized carbons (Fsp3) is 0.231. The molecular formula is C13H14BrNO. The highest BCUT2D eigenvalue weighted by Gasteiger charge is 2.11.